The van der Waals surface area contributed by atoms with E-state index in [-0.39, 0.29) is 11.5 Å². The summed E-state index contributed by atoms with van der Waals surface area (Å²) in [5, 5.41) is 20.2. The smallest absolute Gasteiger partial charge is 0.127 e. The quantitative estimate of drug-likeness (QED) is 0.644. The highest BCUT2D eigenvalue weighted by Gasteiger charge is 2.11. The highest BCUT2D eigenvalue weighted by Crippen LogP contribution is 2.35. The maximum Gasteiger partial charge on any atom is 0.127 e. The predicted molar refractivity (Wildman–Crippen MR) is 79.3 cm³/mol. The van der Waals surface area contributed by atoms with Crippen molar-refractivity contribution in [1.82, 2.24) is 4.98 Å². The molecule has 0 saturated carbocycles. The molecule has 1 aromatic carbocycles. The lowest BCUT2D eigenvalue weighted by molar-refractivity contribution is 0.417. The first-order valence-corrected chi connectivity index (χ1v) is 6.72. The maximum atomic E-state index is 9.83. The molecule has 2 N–H and O–H groups in total. The van der Waals surface area contributed by atoms with Crippen LogP contribution in [0.3, 0.4) is 0 Å². The molecule has 3 nitrogen and oxygen atoms in total. The second-order valence-corrected chi connectivity index (χ2v) is 5.08. The summed E-state index contributed by atoms with van der Waals surface area (Å²) in [7, 11) is 0. The van der Waals surface area contributed by atoms with Gasteiger partial charge in [-0.15, -0.1) is 11.3 Å². The van der Waals surface area contributed by atoms with Gasteiger partial charge in [0.05, 0.1) is 10.6 Å². The van der Waals surface area contributed by atoms with Crippen LogP contribution in [0.5, 0.6) is 5.75 Å². The molecule has 0 aliphatic heterocycles. The Labute approximate surface area is 116 Å². The molecule has 0 amide bonds. The molecule has 1 aromatic heterocycles. The van der Waals surface area contributed by atoms with Gasteiger partial charge in [-0.3, -0.25) is 0 Å². The molecule has 0 fully saturated rings. The fraction of sp³-hybridized carbons (Fsp3) is 0.133. The summed E-state index contributed by atoms with van der Waals surface area (Å²) < 4.78 is 0. The molecule has 19 heavy (non-hydrogen) atoms. The van der Waals surface area contributed by atoms with E-state index in [4.69, 9.17) is 0 Å². The first-order chi connectivity index (χ1) is 9.13. The summed E-state index contributed by atoms with van der Waals surface area (Å²) in [6, 6.07) is 7.14. The summed E-state index contributed by atoms with van der Waals surface area (Å²) in [5.41, 5.74) is 1.45. The Morgan fingerprint density at radius 3 is 2.68 bits per heavy atom. The van der Waals surface area contributed by atoms with Crippen LogP contribution >= 0.6 is 11.3 Å². The van der Waals surface area contributed by atoms with E-state index in [1.807, 2.05) is 31.2 Å². The van der Waals surface area contributed by atoms with Crippen LogP contribution in [0.25, 0.3) is 16.0 Å². The molecule has 98 valence electrons. The molecule has 0 saturated heterocycles. The number of hydrogen-bond donors (Lipinski definition) is 2. The minimum absolute atomic E-state index is 0.231. The van der Waals surface area contributed by atoms with Crippen LogP contribution in [0, 0.1) is 0 Å². The van der Waals surface area contributed by atoms with Gasteiger partial charge in [0.25, 0.3) is 0 Å². The maximum absolute atomic E-state index is 9.83. The lowest BCUT2D eigenvalue weighted by Gasteiger charge is -2.00. The van der Waals surface area contributed by atoms with Gasteiger partial charge >= 0.3 is 0 Å². The number of phenolic OH excluding ortho intramolecular Hbond substituents is 1. The molecule has 0 spiro atoms. The molecule has 0 aliphatic carbocycles. The van der Waals surface area contributed by atoms with Gasteiger partial charge in [0, 0.05) is 17.3 Å². The molecule has 0 radical (unpaired) electrons. The number of aliphatic hydroxyl groups excluding tert-OH is 1. The van der Waals surface area contributed by atoms with E-state index in [9.17, 15) is 10.2 Å². The minimum atomic E-state index is 0.231. The Hall–Kier alpha value is -2.07. The van der Waals surface area contributed by atoms with Gasteiger partial charge in [-0.2, -0.15) is 0 Å². The first-order valence-electron chi connectivity index (χ1n) is 5.90. The zero-order valence-electron chi connectivity index (χ0n) is 10.8. The monoisotopic (exact) mass is 273 g/mol. The standard InChI is InChI=1S/C15H15NO2S/c1-3-6-11(10(2)17)15-16-9-14(19-15)12-7-4-5-8-13(12)18/h3-9,17-18H,1-2H3/b6-3-,11-10-. The lowest BCUT2D eigenvalue weighted by Crippen LogP contribution is -1.83. The molecule has 1 heterocycles. The molecule has 0 aliphatic rings. The van der Waals surface area contributed by atoms with E-state index in [0.717, 1.165) is 15.4 Å². The predicted octanol–water partition coefficient (Wildman–Crippen LogP) is 4.38. The Kier molecular flexibility index (Phi) is 4.02. The number of benzene rings is 1. The second kappa shape index (κ2) is 5.71. The summed E-state index contributed by atoms with van der Waals surface area (Å²) in [4.78, 5) is 5.18. The first kappa shape index (κ1) is 13.4. The van der Waals surface area contributed by atoms with Crippen molar-refractivity contribution in [1.29, 1.82) is 0 Å². The molecular formula is C15H15NO2S. The molecule has 0 atom stereocenters. The van der Waals surface area contributed by atoms with Crippen molar-refractivity contribution in [2.45, 2.75) is 13.8 Å². The largest absolute Gasteiger partial charge is 0.512 e. The van der Waals surface area contributed by atoms with Gasteiger partial charge in [-0.25, -0.2) is 4.98 Å². The number of aromatic hydroxyl groups is 1. The minimum Gasteiger partial charge on any atom is -0.512 e. The SMILES string of the molecule is C/C=C\C(=C(/C)O)c1ncc(-c2ccccc2O)s1. The van der Waals surface area contributed by atoms with Crippen molar-refractivity contribution in [3.63, 3.8) is 0 Å². The van der Waals surface area contributed by atoms with Crippen LogP contribution in [0.15, 0.2) is 48.4 Å². The third-order valence-electron chi connectivity index (χ3n) is 2.63. The van der Waals surface area contributed by atoms with Crippen LogP contribution < -0.4 is 0 Å². The van der Waals surface area contributed by atoms with E-state index in [0.29, 0.717) is 5.57 Å². The van der Waals surface area contributed by atoms with Crippen molar-refractivity contribution in [3.8, 4) is 16.2 Å². The number of aromatic nitrogens is 1. The Morgan fingerprint density at radius 1 is 1.32 bits per heavy atom. The number of para-hydroxylation sites is 1. The lowest BCUT2D eigenvalue weighted by atomic mass is 10.2. The number of hydrogen-bond acceptors (Lipinski definition) is 4. The van der Waals surface area contributed by atoms with Crippen LogP contribution in [-0.4, -0.2) is 15.2 Å². The number of allylic oxidation sites excluding steroid dienone is 4. The van der Waals surface area contributed by atoms with E-state index in [1.165, 1.54) is 11.3 Å². The Bertz CT molecular complexity index is 637. The third kappa shape index (κ3) is 2.85. The number of phenols is 1. The van der Waals surface area contributed by atoms with Crippen LogP contribution in [0.1, 0.15) is 18.9 Å². The number of rotatable bonds is 3. The van der Waals surface area contributed by atoms with Gasteiger partial charge in [0.1, 0.15) is 10.8 Å². The molecule has 4 heteroatoms. The van der Waals surface area contributed by atoms with E-state index in [2.05, 4.69) is 4.98 Å². The van der Waals surface area contributed by atoms with Gasteiger partial charge in [0.2, 0.25) is 0 Å². The van der Waals surface area contributed by atoms with Crippen molar-refractivity contribution in [2.75, 3.05) is 0 Å². The fourth-order valence-electron chi connectivity index (χ4n) is 1.72. The number of nitrogens with zero attached hydrogens (tertiary/aromatic N) is 1. The molecule has 0 unspecified atom stereocenters. The van der Waals surface area contributed by atoms with Gasteiger partial charge in [-0.05, 0) is 26.0 Å². The highest BCUT2D eigenvalue weighted by atomic mass is 32.1. The zero-order chi connectivity index (χ0) is 13.8. The summed E-state index contributed by atoms with van der Waals surface area (Å²) in [5.74, 6) is 0.464. The fourth-order valence-corrected chi connectivity index (χ4v) is 2.75. The average molecular weight is 273 g/mol. The second-order valence-electron chi connectivity index (χ2n) is 4.05. The molecule has 0 bridgehead atoms. The molecular weight excluding hydrogens is 258 g/mol. The van der Waals surface area contributed by atoms with E-state index < -0.39 is 0 Å². The van der Waals surface area contributed by atoms with Crippen molar-refractivity contribution in [3.05, 3.63) is 53.4 Å². The number of aliphatic hydroxyl groups is 1. The Balaban J connectivity index is 2.45. The third-order valence-corrected chi connectivity index (χ3v) is 3.69. The highest BCUT2D eigenvalue weighted by molar-refractivity contribution is 7.16. The van der Waals surface area contributed by atoms with Crippen molar-refractivity contribution < 1.29 is 10.2 Å². The normalized spacial score (nSPS) is 12.7. The van der Waals surface area contributed by atoms with Crippen molar-refractivity contribution in [2.24, 2.45) is 0 Å². The summed E-state index contributed by atoms with van der Waals surface area (Å²) in [6.45, 7) is 3.52. The van der Waals surface area contributed by atoms with E-state index in [1.54, 1.807) is 25.3 Å². The number of thiazole rings is 1. The molecule has 2 rings (SSSR count). The summed E-state index contributed by atoms with van der Waals surface area (Å²) in [6.07, 6.45) is 5.39. The topological polar surface area (TPSA) is 53.4 Å². The Morgan fingerprint density at radius 2 is 2.05 bits per heavy atom. The van der Waals surface area contributed by atoms with Crippen LogP contribution in [0.4, 0.5) is 0 Å². The average Bonchev–Trinajstić information content (AvgIpc) is 2.85. The zero-order valence-corrected chi connectivity index (χ0v) is 11.6. The summed E-state index contributed by atoms with van der Waals surface area (Å²) >= 11 is 1.44. The van der Waals surface area contributed by atoms with Gasteiger partial charge in [-0.1, -0.05) is 24.3 Å². The van der Waals surface area contributed by atoms with Gasteiger partial charge < -0.3 is 10.2 Å². The van der Waals surface area contributed by atoms with Crippen LogP contribution in [-0.2, 0) is 0 Å². The van der Waals surface area contributed by atoms with Crippen molar-refractivity contribution >= 4 is 16.9 Å². The van der Waals surface area contributed by atoms with Crippen LogP contribution in [0.2, 0.25) is 0 Å². The van der Waals surface area contributed by atoms with E-state index >= 15 is 0 Å². The van der Waals surface area contributed by atoms with Gasteiger partial charge in [0.15, 0.2) is 0 Å². The molecule has 2 aromatic rings.